The molecule has 0 radical (unpaired) electrons. The predicted octanol–water partition coefficient (Wildman–Crippen LogP) is -1.19. The predicted molar refractivity (Wildman–Crippen MR) is 70.4 cm³/mol. The molecule has 2 bridgehead atoms. The van der Waals surface area contributed by atoms with Gasteiger partial charge in [0, 0.05) is 19.6 Å². The van der Waals surface area contributed by atoms with E-state index in [2.05, 4.69) is 10.6 Å². The fourth-order valence-corrected chi connectivity index (χ4v) is 4.14. The zero-order valence-corrected chi connectivity index (χ0v) is 11.8. The summed E-state index contributed by atoms with van der Waals surface area (Å²) in [5, 5.41) is 6.12. The first kappa shape index (κ1) is 12.9. The van der Waals surface area contributed by atoms with E-state index >= 15 is 0 Å². The lowest BCUT2D eigenvalue weighted by molar-refractivity contribution is -0.143. The van der Waals surface area contributed by atoms with Crippen molar-refractivity contribution < 1.29 is 14.4 Å². The largest absolute Gasteiger partial charge is 0.353 e. The summed E-state index contributed by atoms with van der Waals surface area (Å²) in [7, 11) is 1.51. The van der Waals surface area contributed by atoms with Gasteiger partial charge in [0.05, 0.1) is 11.8 Å². The lowest BCUT2D eigenvalue weighted by Gasteiger charge is -2.36. The van der Waals surface area contributed by atoms with Crippen molar-refractivity contribution in [1.82, 2.24) is 15.5 Å². The minimum absolute atomic E-state index is 0.119. The van der Waals surface area contributed by atoms with Gasteiger partial charge in [0.25, 0.3) is 0 Å². The summed E-state index contributed by atoms with van der Waals surface area (Å²) in [4.78, 5) is 38.0. The molecule has 7 heteroatoms. The average molecular weight is 283 g/mol. The fraction of sp³-hybridized carbons (Fsp3) is 0.750. The molecule has 3 fully saturated rings. The minimum atomic E-state index is -0.895. The molecule has 3 aliphatic rings. The Morgan fingerprint density at radius 2 is 2.11 bits per heavy atom. The fourth-order valence-electron chi connectivity index (χ4n) is 3.62. The lowest BCUT2D eigenvalue weighted by Crippen LogP contribution is -2.66. The molecule has 0 aliphatic carbocycles. The van der Waals surface area contributed by atoms with Crippen LogP contribution in [0.4, 0.5) is 0 Å². The molecule has 4 atom stereocenters. The van der Waals surface area contributed by atoms with Crippen LogP contribution in [0.15, 0.2) is 0 Å². The van der Waals surface area contributed by atoms with E-state index in [1.807, 2.05) is 6.26 Å². The summed E-state index contributed by atoms with van der Waals surface area (Å²) in [6.07, 6.45) is 2.54. The average Bonchev–Trinajstić information content (AvgIpc) is 2.81. The number of imide groups is 1. The van der Waals surface area contributed by atoms with E-state index in [-0.39, 0.29) is 23.8 Å². The van der Waals surface area contributed by atoms with Crippen LogP contribution >= 0.6 is 11.8 Å². The Hall–Kier alpha value is -1.08. The maximum Gasteiger partial charge on any atom is 0.241 e. The summed E-state index contributed by atoms with van der Waals surface area (Å²) in [5.74, 6) is -0.662. The van der Waals surface area contributed by atoms with Crippen LogP contribution in [0.2, 0.25) is 0 Å². The molecule has 0 saturated carbocycles. The zero-order valence-electron chi connectivity index (χ0n) is 10.9. The van der Waals surface area contributed by atoms with Gasteiger partial charge in [-0.3, -0.25) is 24.6 Å². The summed E-state index contributed by atoms with van der Waals surface area (Å²) < 4.78 is 0. The molecule has 0 aromatic rings. The number of carbonyl (C=O) groups excluding carboxylic acids is 3. The number of likely N-dealkylation sites (tertiary alicyclic amines) is 1. The molecule has 0 spiro atoms. The summed E-state index contributed by atoms with van der Waals surface area (Å²) in [5.41, 5.74) is -0.895. The second kappa shape index (κ2) is 4.21. The summed E-state index contributed by atoms with van der Waals surface area (Å²) >= 11 is 1.64. The van der Waals surface area contributed by atoms with Crippen LogP contribution in [-0.2, 0) is 14.4 Å². The topological polar surface area (TPSA) is 78.5 Å². The van der Waals surface area contributed by atoms with Gasteiger partial charge in [-0.25, -0.2) is 0 Å². The third-order valence-corrected chi connectivity index (χ3v) is 5.18. The lowest BCUT2D eigenvalue weighted by atomic mass is 9.79. The first-order valence-electron chi connectivity index (χ1n) is 6.39. The number of hydrogen-bond acceptors (Lipinski definition) is 5. The van der Waals surface area contributed by atoms with E-state index in [0.717, 1.165) is 5.75 Å². The number of piperazine rings is 1. The number of nitrogens with zero attached hydrogens (tertiary/aromatic N) is 1. The molecule has 3 saturated heterocycles. The summed E-state index contributed by atoms with van der Waals surface area (Å²) in [6, 6.07) is -0.119. The number of thioether (sulfide) groups is 1. The van der Waals surface area contributed by atoms with Crippen LogP contribution in [0.25, 0.3) is 0 Å². The van der Waals surface area contributed by atoms with Gasteiger partial charge in [0.2, 0.25) is 17.7 Å². The van der Waals surface area contributed by atoms with Crippen LogP contribution in [0.5, 0.6) is 0 Å². The molecule has 0 aromatic heterocycles. The second-order valence-electron chi connectivity index (χ2n) is 5.41. The molecule has 104 valence electrons. The Bertz CT molecular complexity index is 469. The normalized spacial score (nSPS) is 40.6. The standard InChI is InChI=1S/C12H17N3O3S/c1-15-9(16)7-6-5-13-11(18)12(14-6,3-4-19-2)8(7)10(15)17/h6-8,14H,3-5H2,1-2H3,(H,13,18)/t6-,7+,8-,12-/m0/s1. The monoisotopic (exact) mass is 283 g/mol. The van der Waals surface area contributed by atoms with E-state index in [4.69, 9.17) is 0 Å². The zero-order chi connectivity index (χ0) is 13.8. The van der Waals surface area contributed by atoms with Crippen LogP contribution < -0.4 is 10.6 Å². The van der Waals surface area contributed by atoms with Crippen LogP contribution in [0.1, 0.15) is 6.42 Å². The Morgan fingerprint density at radius 1 is 1.37 bits per heavy atom. The molecule has 3 amide bonds. The van der Waals surface area contributed by atoms with Crippen molar-refractivity contribution in [2.45, 2.75) is 18.0 Å². The number of hydrogen-bond donors (Lipinski definition) is 2. The molecular formula is C12H17N3O3S. The number of nitrogens with one attached hydrogen (secondary N) is 2. The maximum atomic E-state index is 12.3. The number of amides is 3. The molecular weight excluding hydrogens is 266 g/mol. The SMILES string of the molecule is CSCC[C@@]12N[C@@H](CNC1=O)[C@H]1C(=O)N(C)C(=O)[C@H]12. The molecule has 2 N–H and O–H groups in total. The first-order valence-corrected chi connectivity index (χ1v) is 7.78. The minimum Gasteiger partial charge on any atom is -0.353 e. The van der Waals surface area contributed by atoms with Crippen LogP contribution in [0, 0.1) is 11.8 Å². The van der Waals surface area contributed by atoms with Crippen molar-refractivity contribution in [3.05, 3.63) is 0 Å². The van der Waals surface area contributed by atoms with Crippen molar-refractivity contribution >= 4 is 29.5 Å². The van der Waals surface area contributed by atoms with Gasteiger partial charge in [-0.15, -0.1) is 0 Å². The molecule has 0 unspecified atom stereocenters. The van der Waals surface area contributed by atoms with Gasteiger partial charge in [-0.2, -0.15) is 11.8 Å². The Balaban J connectivity index is 2.03. The molecule has 6 nitrogen and oxygen atoms in total. The van der Waals surface area contributed by atoms with Crippen molar-refractivity contribution in [3.63, 3.8) is 0 Å². The number of fused-ring (bicyclic) bond motifs is 5. The molecule has 0 aromatic carbocycles. The molecule has 3 heterocycles. The van der Waals surface area contributed by atoms with Gasteiger partial charge in [-0.05, 0) is 18.4 Å². The van der Waals surface area contributed by atoms with E-state index in [1.165, 1.54) is 11.9 Å². The number of carbonyl (C=O) groups is 3. The van der Waals surface area contributed by atoms with Crippen molar-refractivity contribution in [1.29, 1.82) is 0 Å². The highest BCUT2D eigenvalue weighted by atomic mass is 32.2. The third kappa shape index (κ3) is 1.51. The Labute approximate surface area is 115 Å². The first-order chi connectivity index (χ1) is 9.03. The second-order valence-corrected chi connectivity index (χ2v) is 6.40. The number of rotatable bonds is 3. The van der Waals surface area contributed by atoms with E-state index in [0.29, 0.717) is 13.0 Å². The summed E-state index contributed by atoms with van der Waals surface area (Å²) in [6.45, 7) is 0.424. The van der Waals surface area contributed by atoms with Gasteiger partial charge in [-0.1, -0.05) is 0 Å². The quantitative estimate of drug-likeness (QED) is 0.637. The highest BCUT2D eigenvalue weighted by Gasteiger charge is 2.68. The molecule has 3 aliphatic heterocycles. The smallest absolute Gasteiger partial charge is 0.241 e. The Morgan fingerprint density at radius 3 is 2.79 bits per heavy atom. The van der Waals surface area contributed by atoms with Crippen molar-refractivity contribution in [3.8, 4) is 0 Å². The van der Waals surface area contributed by atoms with Gasteiger partial charge >= 0.3 is 0 Å². The van der Waals surface area contributed by atoms with Crippen molar-refractivity contribution in [2.24, 2.45) is 11.8 Å². The van der Waals surface area contributed by atoms with Gasteiger partial charge in [0.15, 0.2) is 0 Å². The molecule has 19 heavy (non-hydrogen) atoms. The molecule has 3 rings (SSSR count). The highest BCUT2D eigenvalue weighted by Crippen LogP contribution is 2.45. The van der Waals surface area contributed by atoms with E-state index < -0.39 is 17.4 Å². The van der Waals surface area contributed by atoms with Crippen LogP contribution in [-0.4, -0.2) is 59.8 Å². The maximum absolute atomic E-state index is 12.3. The van der Waals surface area contributed by atoms with E-state index in [1.54, 1.807) is 11.8 Å². The third-order valence-electron chi connectivity index (χ3n) is 4.57. The van der Waals surface area contributed by atoms with Crippen LogP contribution in [0.3, 0.4) is 0 Å². The van der Waals surface area contributed by atoms with Gasteiger partial charge < -0.3 is 5.32 Å². The van der Waals surface area contributed by atoms with Gasteiger partial charge in [0.1, 0.15) is 5.54 Å². The van der Waals surface area contributed by atoms with E-state index in [9.17, 15) is 14.4 Å². The Kier molecular flexibility index (Phi) is 2.86. The highest BCUT2D eigenvalue weighted by molar-refractivity contribution is 7.98. The van der Waals surface area contributed by atoms with Crippen molar-refractivity contribution in [2.75, 3.05) is 25.6 Å².